The van der Waals surface area contributed by atoms with E-state index in [-0.39, 0.29) is 0 Å². The second-order valence-corrected chi connectivity index (χ2v) is 4.51. The van der Waals surface area contributed by atoms with Crippen LogP contribution in [0.4, 0.5) is 8.78 Å². The molecule has 86 valence electrons. The molecule has 2 bridgehead atoms. The van der Waals surface area contributed by atoms with Crippen LogP contribution in [0.25, 0.3) is 0 Å². The summed E-state index contributed by atoms with van der Waals surface area (Å²) in [5.41, 5.74) is -0.281. The van der Waals surface area contributed by atoms with Crippen LogP contribution in [0.15, 0.2) is 18.2 Å². The van der Waals surface area contributed by atoms with Crippen molar-refractivity contribution >= 4 is 0 Å². The summed E-state index contributed by atoms with van der Waals surface area (Å²) in [6.07, 6.45) is 0.759. The number of rotatable bonds is 1. The van der Waals surface area contributed by atoms with Gasteiger partial charge in [-0.2, -0.15) is 0 Å². The first-order chi connectivity index (χ1) is 7.70. The maximum absolute atomic E-state index is 13.7. The minimum absolute atomic E-state index is 0.332. The Morgan fingerprint density at radius 3 is 2.94 bits per heavy atom. The van der Waals surface area contributed by atoms with Gasteiger partial charge < -0.3 is 9.47 Å². The molecule has 0 amide bonds. The van der Waals surface area contributed by atoms with E-state index < -0.39 is 17.2 Å². The lowest BCUT2D eigenvalue weighted by molar-refractivity contribution is -0.0702. The average Bonchev–Trinajstić information content (AvgIpc) is 2.55. The van der Waals surface area contributed by atoms with E-state index in [0.717, 1.165) is 12.5 Å². The first kappa shape index (κ1) is 10.2. The van der Waals surface area contributed by atoms with Gasteiger partial charge in [0.1, 0.15) is 17.2 Å². The van der Waals surface area contributed by atoms with Gasteiger partial charge in [-0.1, -0.05) is 6.07 Å². The highest BCUT2D eigenvalue weighted by Gasteiger charge is 2.47. The normalized spacial score (nSPS) is 33.0. The van der Waals surface area contributed by atoms with Crippen LogP contribution in [0.3, 0.4) is 0 Å². The van der Waals surface area contributed by atoms with Crippen molar-refractivity contribution in [2.24, 2.45) is 5.92 Å². The third-order valence-electron chi connectivity index (χ3n) is 3.32. The second-order valence-electron chi connectivity index (χ2n) is 4.51. The van der Waals surface area contributed by atoms with Crippen LogP contribution in [-0.4, -0.2) is 19.8 Å². The molecule has 2 aliphatic rings. The first-order valence-electron chi connectivity index (χ1n) is 5.37. The SMILES string of the molecule is Fc1ccc([C@]23COC[C@H](CO2)C3)c(F)c1. The van der Waals surface area contributed by atoms with Crippen molar-refractivity contribution in [1.82, 2.24) is 0 Å². The molecule has 0 N–H and O–H groups in total. The summed E-state index contributed by atoms with van der Waals surface area (Å²) in [7, 11) is 0. The molecule has 0 aromatic heterocycles. The number of fused-ring (bicyclic) bond motifs is 2. The molecule has 1 aromatic rings. The standard InChI is InChI=1S/C12H12F2O2/c13-9-1-2-10(11(14)3-9)12-4-8(6-16-12)5-15-7-12/h1-3,8H,4-7H2/t8-,12+/m1/s1. The van der Waals surface area contributed by atoms with Crippen LogP contribution in [0.5, 0.6) is 0 Å². The molecule has 2 nitrogen and oxygen atoms in total. The minimum atomic E-state index is -0.694. The van der Waals surface area contributed by atoms with E-state index in [1.807, 2.05) is 0 Å². The highest BCUT2D eigenvalue weighted by molar-refractivity contribution is 5.27. The van der Waals surface area contributed by atoms with E-state index in [2.05, 4.69) is 0 Å². The second kappa shape index (κ2) is 3.50. The van der Waals surface area contributed by atoms with Crippen molar-refractivity contribution in [3.05, 3.63) is 35.4 Å². The van der Waals surface area contributed by atoms with Gasteiger partial charge >= 0.3 is 0 Å². The predicted octanol–water partition coefficient (Wildman–Crippen LogP) is 2.23. The molecular formula is C12H12F2O2. The maximum atomic E-state index is 13.7. The summed E-state index contributed by atoms with van der Waals surface area (Å²) in [4.78, 5) is 0. The van der Waals surface area contributed by atoms with E-state index in [4.69, 9.17) is 9.47 Å². The van der Waals surface area contributed by atoms with Crippen molar-refractivity contribution in [3.8, 4) is 0 Å². The summed E-state index contributed by atoms with van der Waals surface area (Å²) >= 11 is 0. The molecule has 0 spiro atoms. The summed E-state index contributed by atoms with van der Waals surface area (Å²) in [5.74, 6) is -0.784. The van der Waals surface area contributed by atoms with Crippen LogP contribution < -0.4 is 0 Å². The van der Waals surface area contributed by atoms with Gasteiger partial charge in [0.05, 0.1) is 19.8 Å². The fourth-order valence-corrected chi connectivity index (χ4v) is 2.58. The zero-order valence-electron chi connectivity index (χ0n) is 8.71. The first-order valence-corrected chi connectivity index (χ1v) is 5.37. The fraction of sp³-hybridized carbons (Fsp3) is 0.500. The van der Waals surface area contributed by atoms with Gasteiger partial charge in [0.25, 0.3) is 0 Å². The minimum Gasteiger partial charge on any atom is -0.378 e. The number of hydrogen-bond acceptors (Lipinski definition) is 2. The number of ether oxygens (including phenoxy) is 2. The molecule has 16 heavy (non-hydrogen) atoms. The van der Waals surface area contributed by atoms with Crippen LogP contribution >= 0.6 is 0 Å². The lowest BCUT2D eigenvalue weighted by Crippen LogP contribution is -2.35. The molecule has 0 saturated carbocycles. The summed E-state index contributed by atoms with van der Waals surface area (Å²) in [6.45, 7) is 1.62. The van der Waals surface area contributed by atoms with Crippen LogP contribution in [-0.2, 0) is 15.1 Å². The highest BCUT2D eigenvalue weighted by atomic mass is 19.1. The van der Waals surface area contributed by atoms with Crippen LogP contribution in [0.2, 0.25) is 0 Å². The number of hydrogen-bond donors (Lipinski definition) is 0. The van der Waals surface area contributed by atoms with Gasteiger partial charge in [-0.25, -0.2) is 8.78 Å². The Balaban J connectivity index is 2.02. The van der Waals surface area contributed by atoms with Crippen molar-refractivity contribution in [2.45, 2.75) is 12.0 Å². The van der Waals surface area contributed by atoms with E-state index in [1.54, 1.807) is 0 Å². The van der Waals surface area contributed by atoms with E-state index in [0.29, 0.717) is 31.3 Å². The number of halogens is 2. The van der Waals surface area contributed by atoms with Crippen molar-refractivity contribution < 1.29 is 18.3 Å². The van der Waals surface area contributed by atoms with Crippen molar-refractivity contribution in [1.29, 1.82) is 0 Å². The lowest BCUT2D eigenvalue weighted by atomic mass is 9.86. The van der Waals surface area contributed by atoms with Gasteiger partial charge in [0, 0.05) is 17.5 Å². The van der Waals surface area contributed by atoms with Crippen LogP contribution in [0.1, 0.15) is 12.0 Å². The molecule has 2 heterocycles. The topological polar surface area (TPSA) is 18.5 Å². The Labute approximate surface area is 92.2 Å². The van der Waals surface area contributed by atoms with Gasteiger partial charge in [-0.15, -0.1) is 0 Å². The van der Waals surface area contributed by atoms with Gasteiger partial charge in [-0.3, -0.25) is 0 Å². The van der Waals surface area contributed by atoms with Crippen molar-refractivity contribution in [3.63, 3.8) is 0 Å². The Kier molecular flexibility index (Phi) is 2.23. The fourth-order valence-electron chi connectivity index (χ4n) is 2.58. The third kappa shape index (κ3) is 1.44. The molecular weight excluding hydrogens is 214 g/mol. The Bertz CT molecular complexity index is 417. The number of benzene rings is 1. The van der Waals surface area contributed by atoms with Crippen LogP contribution in [0, 0.1) is 17.6 Å². The Hall–Kier alpha value is -1.00. The van der Waals surface area contributed by atoms with Crippen molar-refractivity contribution in [2.75, 3.05) is 19.8 Å². The molecule has 2 saturated heterocycles. The molecule has 0 aliphatic carbocycles. The summed E-state index contributed by atoms with van der Waals surface area (Å²) in [5, 5.41) is 0. The summed E-state index contributed by atoms with van der Waals surface area (Å²) in [6, 6.07) is 3.62. The largest absolute Gasteiger partial charge is 0.378 e. The molecule has 2 atom stereocenters. The smallest absolute Gasteiger partial charge is 0.132 e. The molecule has 2 aliphatic heterocycles. The van der Waals surface area contributed by atoms with E-state index in [9.17, 15) is 8.78 Å². The predicted molar refractivity (Wildman–Crippen MR) is 52.9 cm³/mol. The molecule has 1 aromatic carbocycles. The highest BCUT2D eigenvalue weighted by Crippen LogP contribution is 2.43. The van der Waals surface area contributed by atoms with E-state index >= 15 is 0 Å². The summed E-state index contributed by atoms with van der Waals surface area (Å²) < 4.78 is 37.6. The lowest BCUT2D eigenvalue weighted by Gasteiger charge is -2.32. The quantitative estimate of drug-likeness (QED) is 0.731. The van der Waals surface area contributed by atoms with E-state index in [1.165, 1.54) is 12.1 Å². The molecule has 3 rings (SSSR count). The zero-order valence-corrected chi connectivity index (χ0v) is 8.71. The Morgan fingerprint density at radius 2 is 2.12 bits per heavy atom. The van der Waals surface area contributed by atoms with Gasteiger partial charge in [0.2, 0.25) is 0 Å². The average molecular weight is 226 g/mol. The molecule has 0 radical (unpaired) electrons. The Morgan fingerprint density at radius 1 is 1.25 bits per heavy atom. The monoisotopic (exact) mass is 226 g/mol. The molecule has 0 unspecified atom stereocenters. The molecule has 4 heteroatoms. The van der Waals surface area contributed by atoms with Gasteiger partial charge in [0.15, 0.2) is 0 Å². The van der Waals surface area contributed by atoms with Gasteiger partial charge in [-0.05, 0) is 12.5 Å². The maximum Gasteiger partial charge on any atom is 0.132 e. The third-order valence-corrected chi connectivity index (χ3v) is 3.32. The molecule has 2 fully saturated rings. The zero-order chi connectivity index (χ0) is 11.2.